The van der Waals surface area contributed by atoms with Crippen LogP contribution >= 0.6 is 15.9 Å². The molecule has 0 aliphatic rings. The summed E-state index contributed by atoms with van der Waals surface area (Å²) in [6.07, 6.45) is 1.34. The average molecular weight is 405 g/mol. The molecule has 0 spiro atoms. The van der Waals surface area contributed by atoms with Crippen LogP contribution in [0.3, 0.4) is 0 Å². The van der Waals surface area contributed by atoms with Crippen LogP contribution in [0.25, 0.3) is 0 Å². The zero-order valence-electron chi connectivity index (χ0n) is 12.8. The standard InChI is InChI=1S/C16H13BrN4O4/c17-14-4-2-1-3-13(14)16(23)18-10-15(22)20-19-9-11-5-7-12(8-6-11)21(24)25/h1-9H,10H2,(H,18,23)(H,20,22)/b19-9-. The molecule has 25 heavy (non-hydrogen) atoms. The monoisotopic (exact) mass is 404 g/mol. The fourth-order valence-corrected chi connectivity index (χ4v) is 2.27. The van der Waals surface area contributed by atoms with Crippen molar-refractivity contribution in [3.8, 4) is 0 Å². The smallest absolute Gasteiger partial charge is 0.269 e. The van der Waals surface area contributed by atoms with E-state index in [0.717, 1.165) is 0 Å². The Bertz CT molecular complexity index is 821. The van der Waals surface area contributed by atoms with E-state index < -0.39 is 10.8 Å². The molecule has 9 heteroatoms. The number of benzene rings is 2. The number of nitro groups is 1. The Kier molecular flexibility index (Phi) is 6.35. The van der Waals surface area contributed by atoms with Gasteiger partial charge < -0.3 is 5.32 Å². The minimum Gasteiger partial charge on any atom is -0.343 e. The molecule has 0 atom stereocenters. The Hall–Kier alpha value is -3.07. The predicted octanol–water partition coefficient (Wildman–Crippen LogP) is 2.24. The number of hydrogen-bond donors (Lipinski definition) is 2. The molecule has 0 saturated carbocycles. The summed E-state index contributed by atoms with van der Waals surface area (Å²) in [7, 11) is 0. The highest BCUT2D eigenvalue weighted by molar-refractivity contribution is 9.10. The quantitative estimate of drug-likeness (QED) is 0.436. The first kappa shape index (κ1) is 18.3. The van der Waals surface area contributed by atoms with Crippen molar-refractivity contribution in [2.75, 3.05) is 6.54 Å². The first-order chi connectivity index (χ1) is 12.0. The van der Waals surface area contributed by atoms with E-state index in [-0.39, 0.29) is 18.1 Å². The molecule has 0 aliphatic heterocycles. The highest BCUT2D eigenvalue weighted by atomic mass is 79.9. The molecule has 0 fully saturated rings. The van der Waals surface area contributed by atoms with E-state index in [1.54, 1.807) is 24.3 Å². The number of hydrazone groups is 1. The van der Waals surface area contributed by atoms with E-state index >= 15 is 0 Å². The summed E-state index contributed by atoms with van der Waals surface area (Å²) in [4.78, 5) is 33.6. The van der Waals surface area contributed by atoms with Gasteiger partial charge in [-0.25, -0.2) is 5.43 Å². The van der Waals surface area contributed by atoms with E-state index in [1.807, 2.05) is 0 Å². The van der Waals surface area contributed by atoms with Gasteiger partial charge in [0.2, 0.25) is 0 Å². The van der Waals surface area contributed by atoms with Crippen LogP contribution in [0.5, 0.6) is 0 Å². The SMILES string of the molecule is O=C(CNC(=O)c1ccccc1Br)N/N=C\c1ccc([N+](=O)[O-])cc1. The molecular weight excluding hydrogens is 392 g/mol. The van der Waals surface area contributed by atoms with E-state index in [4.69, 9.17) is 0 Å². The minimum atomic E-state index is -0.504. The Labute approximate surface area is 151 Å². The zero-order chi connectivity index (χ0) is 18.2. The molecule has 0 saturated heterocycles. The second-order valence-corrected chi connectivity index (χ2v) is 5.66. The fraction of sp³-hybridized carbons (Fsp3) is 0.0625. The molecular formula is C16H13BrN4O4. The van der Waals surface area contributed by atoms with E-state index in [0.29, 0.717) is 15.6 Å². The van der Waals surface area contributed by atoms with Crippen molar-refractivity contribution in [2.24, 2.45) is 5.10 Å². The van der Waals surface area contributed by atoms with Crippen molar-refractivity contribution in [2.45, 2.75) is 0 Å². The van der Waals surface area contributed by atoms with Crippen LogP contribution in [0.4, 0.5) is 5.69 Å². The van der Waals surface area contributed by atoms with E-state index in [2.05, 4.69) is 31.8 Å². The van der Waals surface area contributed by atoms with Gasteiger partial charge in [0.1, 0.15) is 0 Å². The molecule has 0 aliphatic carbocycles. The Morgan fingerprint density at radius 2 is 1.84 bits per heavy atom. The molecule has 128 valence electrons. The van der Waals surface area contributed by atoms with Gasteiger partial charge in [-0.05, 0) is 45.8 Å². The molecule has 2 aromatic carbocycles. The molecule has 8 nitrogen and oxygen atoms in total. The van der Waals surface area contributed by atoms with Gasteiger partial charge >= 0.3 is 0 Å². The third-order valence-corrected chi connectivity index (χ3v) is 3.73. The van der Waals surface area contributed by atoms with Crippen LogP contribution in [-0.2, 0) is 4.79 Å². The maximum Gasteiger partial charge on any atom is 0.269 e. The van der Waals surface area contributed by atoms with Crippen LogP contribution in [0, 0.1) is 10.1 Å². The third-order valence-electron chi connectivity index (χ3n) is 3.03. The van der Waals surface area contributed by atoms with Crippen molar-refractivity contribution in [1.29, 1.82) is 0 Å². The van der Waals surface area contributed by atoms with Crippen molar-refractivity contribution < 1.29 is 14.5 Å². The number of hydrogen-bond acceptors (Lipinski definition) is 5. The number of nitro benzene ring substituents is 1. The lowest BCUT2D eigenvalue weighted by molar-refractivity contribution is -0.384. The lowest BCUT2D eigenvalue weighted by Crippen LogP contribution is -2.35. The largest absolute Gasteiger partial charge is 0.343 e. The van der Waals surface area contributed by atoms with Gasteiger partial charge in [0.25, 0.3) is 17.5 Å². The van der Waals surface area contributed by atoms with Crippen LogP contribution in [0.1, 0.15) is 15.9 Å². The molecule has 2 aromatic rings. The summed E-state index contributed by atoms with van der Waals surface area (Å²) in [6.45, 7) is -0.238. The number of carbonyl (C=O) groups is 2. The molecule has 0 unspecified atom stereocenters. The molecule has 2 amide bonds. The second-order valence-electron chi connectivity index (χ2n) is 4.80. The van der Waals surface area contributed by atoms with Gasteiger partial charge in [-0.3, -0.25) is 19.7 Å². The molecule has 0 bridgehead atoms. The van der Waals surface area contributed by atoms with Crippen molar-refractivity contribution >= 4 is 39.6 Å². The topological polar surface area (TPSA) is 114 Å². The molecule has 2 N–H and O–H groups in total. The summed E-state index contributed by atoms with van der Waals surface area (Å²) in [5.41, 5.74) is 3.24. The summed E-state index contributed by atoms with van der Waals surface area (Å²) < 4.78 is 0.629. The van der Waals surface area contributed by atoms with Crippen LogP contribution in [0.15, 0.2) is 58.1 Å². The zero-order valence-corrected chi connectivity index (χ0v) is 14.4. The number of nitrogens with zero attached hydrogens (tertiary/aromatic N) is 2. The lowest BCUT2D eigenvalue weighted by atomic mass is 10.2. The highest BCUT2D eigenvalue weighted by Crippen LogP contribution is 2.15. The van der Waals surface area contributed by atoms with Gasteiger partial charge in [-0.1, -0.05) is 12.1 Å². The van der Waals surface area contributed by atoms with Gasteiger partial charge in [-0.2, -0.15) is 5.10 Å². The van der Waals surface area contributed by atoms with Crippen LogP contribution in [0.2, 0.25) is 0 Å². The number of amides is 2. The van der Waals surface area contributed by atoms with Gasteiger partial charge in [0.05, 0.1) is 23.2 Å². The van der Waals surface area contributed by atoms with Crippen molar-refractivity contribution in [3.63, 3.8) is 0 Å². The van der Waals surface area contributed by atoms with Gasteiger partial charge in [0, 0.05) is 16.6 Å². The molecule has 2 rings (SSSR count). The maximum atomic E-state index is 11.9. The number of non-ortho nitro benzene ring substituents is 1. The summed E-state index contributed by atoms with van der Waals surface area (Å²) in [6, 6.07) is 12.5. The second kappa shape index (κ2) is 8.69. The number of rotatable bonds is 6. The first-order valence-corrected chi connectivity index (χ1v) is 7.86. The lowest BCUT2D eigenvalue weighted by Gasteiger charge is -2.05. The normalized spacial score (nSPS) is 10.4. The Balaban J connectivity index is 1.81. The number of carbonyl (C=O) groups excluding carboxylic acids is 2. The highest BCUT2D eigenvalue weighted by Gasteiger charge is 2.10. The van der Waals surface area contributed by atoms with Crippen LogP contribution in [-0.4, -0.2) is 29.5 Å². The van der Waals surface area contributed by atoms with Crippen molar-refractivity contribution in [1.82, 2.24) is 10.7 Å². The summed E-state index contributed by atoms with van der Waals surface area (Å²) >= 11 is 3.26. The third kappa shape index (κ3) is 5.50. The fourth-order valence-electron chi connectivity index (χ4n) is 1.80. The molecule has 0 heterocycles. The Morgan fingerprint density at radius 1 is 1.16 bits per heavy atom. The van der Waals surface area contributed by atoms with Gasteiger partial charge in [-0.15, -0.1) is 0 Å². The van der Waals surface area contributed by atoms with E-state index in [9.17, 15) is 19.7 Å². The number of halogens is 1. The maximum absolute atomic E-state index is 11.9. The van der Waals surface area contributed by atoms with Crippen LogP contribution < -0.4 is 10.7 Å². The minimum absolute atomic E-state index is 0.0315. The first-order valence-electron chi connectivity index (χ1n) is 7.06. The molecule has 0 aromatic heterocycles. The van der Waals surface area contributed by atoms with Gasteiger partial charge in [0.15, 0.2) is 0 Å². The average Bonchev–Trinajstić information content (AvgIpc) is 2.60. The number of nitrogens with one attached hydrogen (secondary N) is 2. The van der Waals surface area contributed by atoms with E-state index in [1.165, 1.54) is 30.5 Å². The van der Waals surface area contributed by atoms with Crippen molar-refractivity contribution in [3.05, 3.63) is 74.2 Å². The summed E-state index contributed by atoms with van der Waals surface area (Å²) in [5.74, 6) is -0.888. The Morgan fingerprint density at radius 3 is 2.48 bits per heavy atom. The summed E-state index contributed by atoms with van der Waals surface area (Å²) in [5, 5.41) is 16.8. The predicted molar refractivity (Wildman–Crippen MR) is 95.3 cm³/mol. The molecule has 0 radical (unpaired) electrons.